The summed E-state index contributed by atoms with van der Waals surface area (Å²) < 4.78 is 6.34. The number of hydrogen-bond acceptors (Lipinski definition) is 2. The molecule has 0 heterocycles. The van der Waals surface area contributed by atoms with E-state index in [0.717, 1.165) is 12.2 Å². The van der Waals surface area contributed by atoms with Crippen molar-refractivity contribution in [2.45, 2.75) is 23.1 Å². The molecule has 0 fully saturated rings. The van der Waals surface area contributed by atoms with E-state index in [9.17, 15) is 0 Å². The topological polar surface area (TPSA) is 9.23 Å². The third-order valence-corrected chi connectivity index (χ3v) is 4.44. The molecule has 0 N–H and O–H groups in total. The molecule has 0 unspecified atom stereocenters. The molecule has 2 rings (SSSR count). The molecule has 3 heteroatoms. The Morgan fingerprint density at radius 3 is 2.28 bits per heavy atom. The van der Waals surface area contributed by atoms with Gasteiger partial charge in [-0.05, 0) is 48.4 Å². The van der Waals surface area contributed by atoms with Crippen molar-refractivity contribution in [1.82, 2.24) is 0 Å². The first-order valence-corrected chi connectivity index (χ1v) is 7.44. The van der Waals surface area contributed by atoms with Crippen LogP contribution >= 0.6 is 27.7 Å². The van der Waals surface area contributed by atoms with Crippen LogP contribution in [0.1, 0.15) is 12.5 Å². The predicted molar refractivity (Wildman–Crippen MR) is 80.6 cm³/mol. The van der Waals surface area contributed by atoms with E-state index in [1.807, 2.05) is 12.1 Å². The Morgan fingerprint density at radius 1 is 1.06 bits per heavy atom. The van der Waals surface area contributed by atoms with E-state index in [0.29, 0.717) is 0 Å². The van der Waals surface area contributed by atoms with Gasteiger partial charge in [0.05, 0.1) is 7.11 Å². The first kappa shape index (κ1) is 13.5. The Labute approximate surface area is 121 Å². The summed E-state index contributed by atoms with van der Waals surface area (Å²) in [4.78, 5) is 2.45. The highest BCUT2D eigenvalue weighted by atomic mass is 79.9. The second kappa shape index (κ2) is 6.30. The van der Waals surface area contributed by atoms with Crippen LogP contribution in [0, 0.1) is 0 Å². The van der Waals surface area contributed by atoms with Crippen molar-refractivity contribution in [1.29, 1.82) is 0 Å². The van der Waals surface area contributed by atoms with Crippen LogP contribution in [-0.4, -0.2) is 7.11 Å². The molecule has 18 heavy (non-hydrogen) atoms. The first-order valence-electron chi connectivity index (χ1n) is 5.83. The molecule has 2 aromatic carbocycles. The van der Waals surface area contributed by atoms with E-state index >= 15 is 0 Å². The number of hydrogen-bond donors (Lipinski definition) is 0. The summed E-state index contributed by atoms with van der Waals surface area (Å²) in [6, 6.07) is 14.6. The molecule has 1 nitrogen and oxygen atoms in total. The molecular weight excluding hydrogens is 308 g/mol. The molecule has 94 valence electrons. The standard InChI is InChI=1S/C15H15BrOS/c1-3-11-4-7-14(10-15(11)16)18-13-8-5-12(17-2)6-9-13/h4-10H,3H2,1-2H3. The number of ether oxygens (including phenoxy) is 1. The molecule has 0 saturated heterocycles. The zero-order valence-corrected chi connectivity index (χ0v) is 12.8. The Kier molecular flexibility index (Phi) is 4.72. The highest BCUT2D eigenvalue weighted by Crippen LogP contribution is 2.32. The van der Waals surface area contributed by atoms with E-state index in [1.165, 1.54) is 19.8 Å². The van der Waals surface area contributed by atoms with Crippen molar-refractivity contribution < 1.29 is 4.74 Å². The molecule has 0 aliphatic heterocycles. The second-order valence-electron chi connectivity index (χ2n) is 3.88. The number of benzene rings is 2. The third-order valence-electron chi connectivity index (χ3n) is 2.70. The molecule has 0 aromatic heterocycles. The van der Waals surface area contributed by atoms with Gasteiger partial charge in [0.15, 0.2) is 0 Å². The van der Waals surface area contributed by atoms with Crippen LogP contribution in [0.25, 0.3) is 0 Å². The zero-order valence-electron chi connectivity index (χ0n) is 10.4. The minimum absolute atomic E-state index is 0.891. The van der Waals surface area contributed by atoms with Crippen LogP contribution in [0.4, 0.5) is 0 Å². The molecular formula is C15H15BrOS. The minimum Gasteiger partial charge on any atom is -0.497 e. The third kappa shape index (κ3) is 3.30. The highest BCUT2D eigenvalue weighted by Gasteiger charge is 2.02. The average Bonchev–Trinajstić information content (AvgIpc) is 2.40. The maximum Gasteiger partial charge on any atom is 0.118 e. The first-order chi connectivity index (χ1) is 8.72. The van der Waals surface area contributed by atoms with Crippen molar-refractivity contribution in [3.05, 3.63) is 52.5 Å². The molecule has 0 spiro atoms. The van der Waals surface area contributed by atoms with Crippen LogP contribution in [0.5, 0.6) is 5.75 Å². The van der Waals surface area contributed by atoms with Crippen LogP contribution < -0.4 is 4.74 Å². The maximum atomic E-state index is 5.15. The number of rotatable bonds is 4. The Bertz CT molecular complexity index is 523. The second-order valence-corrected chi connectivity index (χ2v) is 5.89. The van der Waals surface area contributed by atoms with E-state index in [-0.39, 0.29) is 0 Å². The lowest BCUT2D eigenvalue weighted by Crippen LogP contribution is -1.84. The molecule has 0 saturated carbocycles. The summed E-state index contributed by atoms with van der Waals surface area (Å²) in [5.74, 6) is 0.891. The van der Waals surface area contributed by atoms with Gasteiger partial charge in [0.2, 0.25) is 0 Å². The summed E-state index contributed by atoms with van der Waals surface area (Å²) in [6.07, 6.45) is 1.05. The van der Waals surface area contributed by atoms with Gasteiger partial charge in [-0.2, -0.15) is 0 Å². The average molecular weight is 323 g/mol. The summed E-state index contributed by atoms with van der Waals surface area (Å²) in [5.41, 5.74) is 1.34. The molecule has 0 aliphatic carbocycles. The molecule has 0 aliphatic rings. The van der Waals surface area contributed by atoms with E-state index in [4.69, 9.17) is 4.74 Å². The summed E-state index contributed by atoms with van der Waals surface area (Å²) >= 11 is 5.36. The van der Waals surface area contributed by atoms with Gasteiger partial charge in [0.25, 0.3) is 0 Å². The van der Waals surface area contributed by atoms with Crippen molar-refractivity contribution in [3.8, 4) is 5.75 Å². The molecule has 0 radical (unpaired) electrons. The van der Waals surface area contributed by atoms with Gasteiger partial charge in [-0.25, -0.2) is 0 Å². The van der Waals surface area contributed by atoms with Crippen LogP contribution in [-0.2, 0) is 6.42 Å². The SMILES string of the molecule is CCc1ccc(Sc2ccc(OC)cc2)cc1Br. The quantitative estimate of drug-likeness (QED) is 0.767. The number of aryl methyl sites for hydroxylation is 1. The number of halogens is 1. The molecule has 2 aromatic rings. The van der Waals surface area contributed by atoms with Crippen molar-refractivity contribution in [2.75, 3.05) is 7.11 Å². The summed E-state index contributed by atoms with van der Waals surface area (Å²) in [7, 11) is 1.68. The molecule has 0 amide bonds. The van der Waals surface area contributed by atoms with Gasteiger partial charge < -0.3 is 4.74 Å². The van der Waals surface area contributed by atoms with Gasteiger partial charge in [0, 0.05) is 14.3 Å². The van der Waals surface area contributed by atoms with Crippen LogP contribution in [0.2, 0.25) is 0 Å². The van der Waals surface area contributed by atoms with Crippen LogP contribution in [0.15, 0.2) is 56.7 Å². The fourth-order valence-electron chi connectivity index (χ4n) is 1.66. The molecule has 0 atom stereocenters. The molecule has 0 bridgehead atoms. The van der Waals surface area contributed by atoms with Gasteiger partial charge in [-0.3, -0.25) is 0 Å². The Morgan fingerprint density at radius 2 is 1.72 bits per heavy atom. The van der Waals surface area contributed by atoms with Gasteiger partial charge >= 0.3 is 0 Å². The lowest BCUT2D eigenvalue weighted by Gasteiger charge is -2.06. The van der Waals surface area contributed by atoms with Crippen molar-refractivity contribution in [2.24, 2.45) is 0 Å². The normalized spacial score (nSPS) is 10.4. The van der Waals surface area contributed by atoms with Gasteiger partial charge in [0.1, 0.15) is 5.75 Å². The lowest BCUT2D eigenvalue weighted by atomic mass is 10.2. The predicted octanol–water partition coefficient (Wildman–Crippen LogP) is 5.17. The largest absolute Gasteiger partial charge is 0.497 e. The van der Waals surface area contributed by atoms with Gasteiger partial charge in [-0.1, -0.05) is 40.7 Å². The van der Waals surface area contributed by atoms with Crippen LogP contribution in [0.3, 0.4) is 0 Å². The fourth-order valence-corrected chi connectivity index (χ4v) is 3.33. The summed E-state index contributed by atoms with van der Waals surface area (Å²) in [5, 5.41) is 0. The smallest absolute Gasteiger partial charge is 0.118 e. The van der Waals surface area contributed by atoms with Crippen molar-refractivity contribution in [3.63, 3.8) is 0 Å². The number of methoxy groups -OCH3 is 1. The Balaban J connectivity index is 2.15. The maximum absolute atomic E-state index is 5.15. The van der Waals surface area contributed by atoms with E-state index in [2.05, 4.69) is 53.2 Å². The minimum atomic E-state index is 0.891. The Hall–Kier alpha value is -0.930. The zero-order chi connectivity index (χ0) is 13.0. The summed E-state index contributed by atoms with van der Waals surface area (Å²) in [6.45, 7) is 2.16. The van der Waals surface area contributed by atoms with Gasteiger partial charge in [-0.15, -0.1) is 0 Å². The highest BCUT2D eigenvalue weighted by molar-refractivity contribution is 9.10. The van der Waals surface area contributed by atoms with E-state index < -0.39 is 0 Å². The van der Waals surface area contributed by atoms with Crippen molar-refractivity contribution >= 4 is 27.7 Å². The fraction of sp³-hybridized carbons (Fsp3) is 0.200. The monoisotopic (exact) mass is 322 g/mol. The van der Waals surface area contributed by atoms with E-state index in [1.54, 1.807) is 18.9 Å². The lowest BCUT2D eigenvalue weighted by molar-refractivity contribution is 0.414.